The van der Waals surface area contributed by atoms with Crippen LogP contribution in [0.5, 0.6) is 0 Å². The Kier molecular flexibility index (Phi) is 6.89. The summed E-state index contributed by atoms with van der Waals surface area (Å²) in [5.74, 6) is 1.55. The van der Waals surface area contributed by atoms with Crippen LogP contribution in [-0.4, -0.2) is 39.9 Å². The predicted molar refractivity (Wildman–Crippen MR) is 228 cm³/mol. The van der Waals surface area contributed by atoms with E-state index in [1.54, 1.807) is 17.5 Å². The number of nitrogens with one attached hydrogen (secondary N) is 1. The highest BCUT2D eigenvalue weighted by atomic mass is 32.1. The summed E-state index contributed by atoms with van der Waals surface area (Å²) in [5, 5.41) is 4.51. The zero-order valence-electron chi connectivity index (χ0n) is 29.9. The molecule has 0 aliphatic heterocycles. The summed E-state index contributed by atoms with van der Waals surface area (Å²) in [7, 11) is 0. The van der Waals surface area contributed by atoms with Gasteiger partial charge in [0.1, 0.15) is 27.7 Å². The Morgan fingerprint density at radius 1 is 0.526 bits per heavy atom. The number of pyridine rings is 2. The molecule has 0 saturated carbocycles. The van der Waals surface area contributed by atoms with Crippen LogP contribution < -0.4 is 0 Å². The largest absolute Gasteiger partial charge is 0.436 e. The van der Waals surface area contributed by atoms with Crippen molar-refractivity contribution < 1.29 is 4.42 Å². The molecule has 12 aromatic rings. The van der Waals surface area contributed by atoms with Gasteiger partial charge in [-0.2, -0.15) is 0 Å². The van der Waals surface area contributed by atoms with E-state index in [1.807, 2.05) is 109 Å². The second-order valence-corrected chi connectivity index (χ2v) is 14.8. The number of rotatable bonds is 5. The number of fused-ring (bicyclic) bond motifs is 6. The number of imidazole rings is 1. The molecular weight excluding hydrogens is 725 g/mol. The average Bonchev–Trinajstić information content (AvgIpc) is 4.02. The number of hydrogen-bond donors (Lipinski definition) is 1. The topological polar surface area (TPSA) is 119 Å². The van der Waals surface area contributed by atoms with Crippen LogP contribution in [0.3, 0.4) is 0 Å². The molecule has 266 valence electrons. The minimum atomic E-state index is 0.412. The molecule has 6 heterocycles. The minimum Gasteiger partial charge on any atom is -0.436 e. The summed E-state index contributed by atoms with van der Waals surface area (Å²) in [6, 6.07) is 48.4. The van der Waals surface area contributed by atoms with Gasteiger partial charge < -0.3 is 9.40 Å². The van der Waals surface area contributed by atoms with E-state index in [1.165, 1.54) is 0 Å². The molecule has 6 aromatic carbocycles. The first-order valence-corrected chi connectivity index (χ1v) is 19.3. The fourth-order valence-corrected chi connectivity index (χ4v) is 8.78. The van der Waals surface area contributed by atoms with Crippen LogP contribution in [0.1, 0.15) is 0 Å². The number of thiazole rings is 1. The lowest BCUT2D eigenvalue weighted by atomic mass is 9.93. The van der Waals surface area contributed by atoms with E-state index in [0.29, 0.717) is 51.3 Å². The Morgan fingerprint density at radius 3 is 2.18 bits per heavy atom. The van der Waals surface area contributed by atoms with Gasteiger partial charge in [0.15, 0.2) is 11.4 Å². The Hall–Kier alpha value is -7.69. The van der Waals surface area contributed by atoms with Gasteiger partial charge >= 0.3 is 0 Å². The molecule has 9 nitrogen and oxygen atoms in total. The molecule has 0 fully saturated rings. The first kappa shape index (κ1) is 31.6. The van der Waals surface area contributed by atoms with Crippen LogP contribution >= 0.6 is 11.3 Å². The van der Waals surface area contributed by atoms with Gasteiger partial charge in [-0.05, 0) is 66.0 Å². The lowest BCUT2D eigenvalue weighted by Crippen LogP contribution is -2.02. The molecule has 1 N–H and O–H groups in total. The second kappa shape index (κ2) is 12.4. The average molecular weight is 751 g/mol. The molecule has 12 rings (SSSR count). The van der Waals surface area contributed by atoms with E-state index in [-0.39, 0.29) is 0 Å². The van der Waals surface area contributed by atoms with Crippen LogP contribution in [0.25, 0.3) is 121 Å². The number of benzene rings is 6. The Labute approximate surface area is 327 Å². The van der Waals surface area contributed by atoms with Crippen LogP contribution in [0.15, 0.2) is 156 Å². The van der Waals surface area contributed by atoms with Crippen molar-refractivity contribution in [3.8, 4) is 56.3 Å². The predicted octanol–water partition coefficient (Wildman–Crippen LogP) is 11.7. The van der Waals surface area contributed by atoms with E-state index in [4.69, 9.17) is 39.3 Å². The number of oxazole rings is 1. The molecule has 57 heavy (non-hydrogen) atoms. The number of hydrogen-bond acceptors (Lipinski definition) is 9. The quantitative estimate of drug-likeness (QED) is 0.185. The summed E-state index contributed by atoms with van der Waals surface area (Å²) in [6.07, 6.45) is 1.80. The van der Waals surface area contributed by atoms with Gasteiger partial charge in [-0.1, -0.05) is 84.9 Å². The first-order chi connectivity index (χ1) is 28.2. The Bertz CT molecular complexity index is 3460. The minimum absolute atomic E-state index is 0.412. The normalized spacial score (nSPS) is 11.9. The van der Waals surface area contributed by atoms with Gasteiger partial charge in [0.05, 0.1) is 43.5 Å². The van der Waals surface area contributed by atoms with E-state index in [0.717, 1.165) is 70.0 Å². The summed E-state index contributed by atoms with van der Waals surface area (Å²) in [5.41, 5.74) is 9.78. The molecule has 0 radical (unpaired) electrons. The third-order valence-corrected chi connectivity index (χ3v) is 11.4. The number of aromatic amines is 1. The fourth-order valence-electron chi connectivity index (χ4n) is 7.75. The van der Waals surface area contributed by atoms with Gasteiger partial charge in [0, 0.05) is 33.5 Å². The molecule has 0 aliphatic carbocycles. The lowest BCUT2D eigenvalue weighted by Gasteiger charge is -2.17. The van der Waals surface area contributed by atoms with Crippen LogP contribution in [0.4, 0.5) is 0 Å². The zero-order chi connectivity index (χ0) is 37.5. The van der Waals surface area contributed by atoms with Crippen LogP contribution in [-0.2, 0) is 0 Å². The molecule has 0 spiro atoms. The Balaban J connectivity index is 1.29. The van der Waals surface area contributed by atoms with Crippen molar-refractivity contribution >= 4 is 76.3 Å². The van der Waals surface area contributed by atoms with Crippen molar-refractivity contribution in [1.29, 1.82) is 0 Å². The zero-order valence-corrected chi connectivity index (χ0v) is 30.7. The molecule has 6 aromatic heterocycles. The maximum Gasteiger partial charge on any atom is 0.228 e. The summed E-state index contributed by atoms with van der Waals surface area (Å²) in [6.45, 7) is 0. The van der Waals surface area contributed by atoms with Crippen molar-refractivity contribution in [2.45, 2.75) is 0 Å². The molecule has 0 aliphatic rings. The SMILES string of the molecule is c1ccc2nc(-c3nc(-c4nccc5ccccc45)nc4cc(-c5nc6ccccc6[nH]5)c(-c5nc6ccccc6s5)c(-c5nc6ccccc6o5)c34)ccc2c1. The Morgan fingerprint density at radius 2 is 1.30 bits per heavy atom. The molecule has 10 heteroatoms. The standard InChI is InChI=1S/C47H26N8OS/c1-3-13-28-26(11-1)23-24-48-42(28)45-52-36-25-29(44-50-31-15-5-6-16-32(31)51-44)39(47-54-34-18-8-10-20-38(34)57-47)41(46-53-33-17-7-9-19-37(33)56-46)40(36)43(55-45)35-22-21-27-12-2-4-14-30(27)49-35/h1-25H,(H,50,51). The second-order valence-electron chi connectivity index (χ2n) is 13.8. The molecular formula is C47H26N8OS. The summed E-state index contributed by atoms with van der Waals surface area (Å²) >= 11 is 1.61. The molecule has 0 saturated heterocycles. The van der Waals surface area contributed by atoms with Gasteiger partial charge in [-0.15, -0.1) is 11.3 Å². The van der Waals surface area contributed by atoms with E-state index >= 15 is 0 Å². The highest BCUT2D eigenvalue weighted by molar-refractivity contribution is 7.21. The van der Waals surface area contributed by atoms with Crippen LogP contribution in [0, 0.1) is 0 Å². The van der Waals surface area contributed by atoms with Gasteiger partial charge in [-0.3, -0.25) is 4.98 Å². The van der Waals surface area contributed by atoms with Gasteiger partial charge in [0.25, 0.3) is 0 Å². The van der Waals surface area contributed by atoms with E-state index < -0.39 is 0 Å². The number of aromatic nitrogens is 8. The van der Waals surface area contributed by atoms with Gasteiger partial charge in [-0.25, -0.2) is 29.9 Å². The highest BCUT2D eigenvalue weighted by Crippen LogP contribution is 2.49. The monoisotopic (exact) mass is 750 g/mol. The highest BCUT2D eigenvalue weighted by Gasteiger charge is 2.30. The van der Waals surface area contributed by atoms with Crippen molar-refractivity contribution in [3.63, 3.8) is 0 Å². The maximum atomic E-state index is 6.73. The summed E-state index contributed by atoms with van der Waals surface area (Å²) in [4.78, 5) is 40.0. The van der Waals surface area contributed by atoms with Crippen LogP contribution in [0.2, 0.25) is 0 Å². The van der Waals surface area contributed by atoms with E-state index in [2.05, 4.69) is 41.4 Å². The lowest BCUT2D eigenvalue weighted by molar-refractivity contribution is 0.621. The van der Waals surface area contributed by atoms with Crippen molar-refractivity contribution in [2.75, 3.05) is 0 Å². The molecule has 0 amide bonds. The van der Waals surface area contributed by atoms with Gasteiger partial charge in [0.2, 0.25) is 5.89 Å². The van der Waals surface area contributed by atoms with Crippen molar-refractivity contribution in [3.05, 3.63) is 152 Å². The number of H-pyrrole nitrogens is 1. The number of nitrogens with zero attached hydrogens (tertiary/aromatic N) is 7. The maximum absolute atomic E-state index is 6.73. The third-order valence-electron chi connectivity index (χ3n) is 10.4. The summed E-state index contributed by atoms with van der Waals surface area (Å²) < 4.78 is 7.78. The van der Waals surface area contributed by atoms with Crippen molar-refractivity contribution in [2.24, 2.45) is 0 Å². The number of para-hydroxylation sites is 6. The smallest absolute Gasteiger partial charge is 0.228 e. The van der Waals surface area contributed by atoms with Crippen molar-refractivity contribution in [1.82, 2.24) is 39.9 Å². The molecule has 0 unspecified atom stereocenters. The first-order valence-electron chi connectivity index (χ1n) is 18.5. The third kappa shape index (κ3) is 5.12. The molecule has 0 bridgehead atoms. The van der Waals surface area contributed by atoms with E-state index in [9.17, 15) is 0 Å². The fraction of sp³-hybridized carbons (Fsp3) is 0. The molecule has 0 atom stereocenters.